The summed E-state index contributed by atoms with van der Waals surface area (Å²) in [6.07, 6.45) is 3.84. The van der Waals surface area contributed by atoms with E-state index >= 15 is 0 Å². The molecular formula is C18H23N3O2S. The number of carbonyl (C=O) groups excluding carboxylic acids is 1. The smallest absolute Gasteiger partial charge is 0.233 e. The lowest BCUT2D eigenvalue weighted by Crippen LogP contribution is -2.45. The van der Waals surface area contributed by atoms with Gasteiger partial charge in [0, 0.05) is 31.2 Å². The van der Waals surface area contributed by atoms with Crippen LogP contribution in [0.3, 0.4) is 0 Å². The van der Waals surface area contributed by atoms with Crippen molar-refractivity contribution in [1.29, 1.82) is 0 Å². The van der Waals surface area contributed by atoms with E-state index in [1.165, 1.54) is 22.9 Å². The van der Waals surface area contributed by atoms with Crippen LogP contribution in [0, 0.1) is 13.8 Å². The van der Waals surface area contributed by atoms with Gasteiger partial charge < -0.3 is 9.64 Å². The van der Waals surface area contributed by atoms with Gasteiger partial charge in [0.2, 0.25) is 5.91 Å². The summed E-state index contributed by atoms with van der Waals surface area (Å²) in [5, 5.41) is 0.842. The molecule has 1 fully saturated rings. The first-order chi connectivity index (χ1) is 11.5. The van der Waals surface area contributed by atoms with Crippen LogP contribution in [0.5, 0.6) is 0 Å². The fourth-order valence-electron chi connectivity index (χ4n) is 2.95. The third kappa shape index (κ3) is 3.99. The fraction of sp³-hybridized carbons (Fsp3) is 0.444. The van der Waals surface area contributed by atoms with Crippen molar-refractivity contribution >= 4 is 17.7 Å². The molecule has 6 heteroatoms. The number of rotatable bonds is 4. The number of imidazole rings is 1. The second-order valence-corrected chi connectivity index (χ2v) is 7.18. The number of benzene rings is 1. The van der Waals surface area contributed by atoms with Crippen LogP contribution in [0.15, 0.2) is 35.7 Å². The Labute approximate surface area is 147 Å². The largest absolute Gasteiger partial charge is 0.375 e. The second kappa shape index (κ2) is 7.40. The molecule has 1 aliphatic heterocycles. The number of hydrogen-bond donors (Lipinski definition) is 0. The highest BCUT2D eigenvalue weighted by Crippen LogP contribution is 2.22. The SMILES string of the molecule is Cc1cc(C)cc(-n2ccnc2SCC(=O)N2CCOC(C)C2)c1. The van der Waals surface area contributed by atoms with Crippen LogP contribution in [0.1, 0.15) is 18.1 Å². The number of hydrogen-bond acceptors (Lipinski definition) is 4. The molecule has 0 spiro atoms. The molecule has 0 aliphatic carbocycles. The summed E-state index contributed by atoms with van der Waals surface area (Å²) < 4.78 is 7.53. The molecule has 0 radical (unpaired) electrons. The second-order valence-electron chi connectivity index (χ2n) is 6.24. The maximum absolute atomic E-state index is 12.4. The molecule has 0 N–H and O–H groups in total. The number of morpholine rings is 1. The van der Waals surface area contributed by atoms with E-state index in [1.54, 1.807) is 6.20 Å². The first kappa shape index (κ1) is 17.0. The molecular weight excluding hydrogens is 322 g/mol. The zero-order valence-electron chi connectivity index (χ0n) is 14.4. The number of thioether (sulfide) groups is 1. The average Bonchev–Trinajstić information content (AvgIpc) is 3.00. The van der Waals surface area contributed by atoms with Crippen LogP contribution >= 0.6 is 11.8 Å². The van der Waals surface area contributed by atoms with Crippen molar-refractivity contribution in [2.45, 2.75) is 32.0 Å². The molecule has 1 aliphatic rings. The highest BCUT2D eigenvalue weighted by atomic mass is 32.2. The van der Waals surface area contributed by atoms with Gasteiger partial charge in [0.1, 0.15) is 0 Å². The molecule has 24 heavy (non-hydrogen) atoms. The number of ether oxygens (including phenoxy) is 1. The zero-order valence-corrected chi connectivity index (χ0v) is 15.2. The summed E-state index contributed by atoms with van der Waals surface area (Å²) >= 11 is 1.48. The fourth-order valence-corrected chi connectivity index (χ4v) is 3.82. The van der Waals surface area contributed by atoms with Crippen LogP contribution in [0.2, 0.25) is 0 Å². The van der Waals surface area contributed by atoms with E-state index in [0.29, 0.717) is 25.4 Å². The third-order valence-electron chi connectivity index (χ3n) is 4.01. The molecule has 1 saturated heterocycles. The van der Waals surface area contributed by atoms with Crippen molar-refractivity contribution < 1.29 is 9.53 Å². The zero-order chi connectivity index (χ0) is 17.1. The van der Waals surface area contributed by atoms with Gasteiger partial charge >= 0.3 is 0 Å². The van der Waals surface area contributed by atoms with E-state index in [2.05, 4.69) is 37.0 Å². The Kier molecular flexibility index (Phi) is 5.26. The van der Waals surface area contributed by atoms with E-state index in [-0.39, 0.29) is 12.0 Å². The van der Waals surface area contributed by atoms with Crippen LogP contribution in [-0.4, -0.2) is 51.9 Å². The van der Waals surface area contributed by atoms with Gasteiger partial charge in [0.25, 0.3) is 0 Å². The lowest BCUT2D eigenvalue weighted by Gasteiger charge is -2.31. The summed E-state index contributed by atoms with van der Waals surface area (Å²) in [7, 11) is 0. The molecule has 3 rings (SSSR count). The van der Waals surface area contributed by atoms with Gasteiger partial charge in [0.05, 0.1) is 18.5 Å². The predicted octanol–water partition coefficient (Wildman–Crippen LogP) is 2.83. The molecule has 1 unspecified atom stereocenters. The molecule has 128 valence electrons. The van der Waals surface area contributed by atoms with Crippen LogP contribution in [0.4, 0.5) is 0 Å². The first-order valence-electron chi connectivity index (χ1n) is 8.17. The Balaban J connectivity index is 1.68. The Bertz CT molecular complexity index is 709. The molecule has 1 aromatic heterocycles. The maximum Gasteiger partial charge on any atom is 0.233 e. The third-order valence-corrected chi connectivity index (χ3v) is 4.96. The van der Waals surface area contributed by atoms with Crippen molar-refractivity contribution in [3.8, 4) is 5.69 Å². The van der Waals surface area contributed by atoms with Crippen LogP contribution < -0.4 is 0 Å². The van der Waals surface area contributed by atoms with Gasteiger partial charge in [-0.3, -0.25) is 9.36 Å². The molecule has 1 atom stereocenters. The highest BCUT2D eigenvalue weighted by molar-refractivity contribution is 7.99. The maximum atomic E-state index is 12.4. The summed E-state index contributed by atoms with van der Waals surface area (Å²) in [5.74, 6) is 0.541. The quantitative estimate of drug-likeness (QED) is 0.800. The summed E-state index contributed by atoms with van der Waals surface area (Å²) in [6, 6.07) is 6.41. The van der Waals surface area contributed by atoms with E-state index in [1.807, 2.05) is 22.6 Å². The minimum atomic E-state index is 0.116. The molecule has 1 aromatic carbocycles. The van der Waals surface area contributed by atoms with E-state index in [9.17, 15) is 4.79 Å². The Morgan fingerprint density at radius 3 is 2.79 bits per heavy atom. The number of aromatic nitrogens is 2. The molecule has 5 nitrogen and oxygen atoms in total. The van der Waals surface area contributed by atoms with Gasteiger partial charge in [0.15, 0.2) is 5.16 Å². The minimum absolute atomic E-state index is 0.116. The Hall–Kier alpha value is -1.79. The number of amides is 1. The topological polar surface area (TPSA) is 47.4 Å². The lowest BCUT2D eigenvalue weighted by atomic mass is 10.1. The standard InChI is InChI=1S/C18H23N3O2S/c1-13-8-14(2)10-16(9-13)21-5-4-19-18(21)24-12-17(22)20-6-7-23-15(3)11-20/h4-5,8-10,15H,6-7,11-12H2,1-3H3. The van der Waals surface area contributed by atoms with Crippen LogP contribution in [0.25, 0.3) is 5.69 Å². The van der Waals surface area contributed by atoms with Gasteiger partial charge in [-0.1, -0.05) is 17.8 Å². The lowest BCUT2D eigenvalue weighted by molar-refractivity contribution is -0.135. The monoisotopic (exact) mass is 345 g/mol. The van der Waals surface area contributed by atoms with Crippen molar-refractivity contribution in [2.75, 3.05) is 25.4 Å². The molecule has 1 amide bonds. The van der Waals surface area contributed by atoms with Crippen molar-refractivity contribution in [1.82, 2.24) is 14.5 Å². The average molecular weight is 345 g/mol. The summed E-state index contributed by atoms with van der Waals surface area (Å²) in [4.78, 5) is 18.7. The predicted molar refractivity (Wildman–Crippen MR) is 95.8 cm³/mol. The normalized spacial score (nSPS) is 18.0. The molecule has 2 aromatic rings. The number of aryl methyl sites for hydroxylation is 2. The summed E-state index contributed by atoms with van der Waals surface area (Å²) in [5.41, 5.74) is 3.51. The van der Waals surface area contributed by atoms with Gasteiger partial charge in [-0.05, 0) is 44.0 Å². The van der Waals surface area contributed by atoms with Crippen LogP contribution in [-0.2, 0) is 9.53 Å². The molecule has 2 heterocycles. The van der Waals surface area contributed by atoms with Crippen molar-refractivity contribution in [3.05, 3.63) is 41.7 Å². The van der Waals surface area contributed by atoms with Gasteiger partial charge in [-0.15, -0.1) is 0 Å². The summed E-state index contributed by atoms with van der Waals surface area (Å²) in [6.45, 7) is 8.14. The van der Waals surface area contributed by atoms with Gasteiger partial charge in [-0.2, -0.15) is 0 Å². The van der Waals surface area contributed by atoms with E-state index in [0.717, 1.165) is 10.8 Å². The number of nitrogens with zero attached hydrogens (tertiary/aromatic N) is 3. The van der Waals surface area contributed by atoms with E-state index in [4.69, 9.17) is 4.74 Å². The minimum Gasteiger partial charge on any atom is -0.375 e. The van der Waals surface area contributed by atoms with Crippen molar-refractivity contribution in [3.63, 3.8) is 0 Å². The van der Waals surface area contributed by atoms with E-state index < -0.39 is 0 Å². The number of carbonyl (C=O) groups is 1. The molecule has 0 saturated carbocycles. The molecule has 0 bridgehead atoms. The first-order valence-corrected chi connectivity index (χ1v) is 9.15. The van der Waals surface area contributed by atoms with Crippen molar-refractivity contribution in [2.24, 2.45) is 0 Å². The Morgan fingerprint density at radius 1 is 1.33 bits per heavy atom. The highest BCUT2D eigenvalue weighted by Gasteiger charge is 2.21. The van der Waals surface area contributed by atoms with Gasteiger partial charge in [-0.25, -0.2) is 4.98 Å². The Morgan fingerprint density at radius 2 is 2.08 bits per heavy atom.